The van der Waals surface area contributed by atoms with E-state index in [0.29, 0.717) is 51.7 Å². The van der Waals surface area contributed by atoms with Crippen molar-refractivity contribution in [2.45, 2.75) is 26.3 Å². The number of cyclic esters (lactones) is 1. The van der Waals surface area contributed by atoms with Gasteiger partial charge in [-0.2, -0.15) is 4.31 Å². The number of benzene rings is 2. The Balaban J connectivity index is 1.18. The molecule has 2 fully saturated rings. The predicted octanol–water partition coefficient (Wildman–Crippen LogP) is 4.07. The summed E-state index contributed by atoms with van der Waals surface area (Å²) >= 11 is 0. The fourth-order valence-corrected chi connectivity index (χ4v) is 7.26. The number of rotatable bonds is 10. The average Bonchev–Trinajstić information content (AvgIpc) is 3.32. The number of sulfonamides is 1. The monoisotopic (exact) mass is 581 g/mol. The van der Waals surface area contributed by atoms with Gasteiger partial charge in [-0.1, -0.05) is 56.3 Å². The largest absolute Gasteiger partial charge is 0.447 e. The molecule has 2 aliphatic rings. The normalized spacial score (nSPS) is 19.0. The van der Waals surface area contributed by atoms with Gasteiger partial charge in [-0.3, -0.25) is 0 Å². The zero-order valence-electron chi connectivity index (χ0n) is 23.4. The molecule has 2 aliphatic heterocycles. The number of nitrogens with zero attached hydrogens (tertiary/aromatic N) is 5. The molecular formula is C30H36FN5O4S. The number of amides is 1. The van der Waals surface area contributed by atoms with Crippen molar-refractivity contribution in [3.05, 3.63) is 78.4 Å². The standard InChI is InChI=1S/C30H36FN5O4S/c1-22(2)26(19-36-28(20-40-30(36)37)16-23-6-4-3-5-7-23)21-41(38,39)35-14-12-34(13-15-35)29-32-17-25(18-33-29)24-8-10-27(31)11-9-24/h3-11,17-18,22,26,28H,12-16,19-21H2,1-2H3/t26-,28-/m1/s1. The van der Waals surface area contributed by atoms with Crippen molar-refractivity contribution < 1.29 is 22.3 Å². The van der Waals surface area contributed by atoms with E-state index in [1.807, 2.05) is 49.1 Å². The van der Waals surface area contributed by atoms with Gasteiger partial charge in [0.25, 0.3) is 0 Å². The maximum absolute atomic E-state index is 13.5. The molecule has 9 nitrogen and oxygen atoms in total. The fraction of sp³-hybridized carbons (Fsp3) is 0.433. The highest BCUT2D eigenvalue weighted by Crippen LogP contribution is 2.25. The number of carbonyl (C=O) groups excluding carboxylic acids is 1. The highest BCUT2D eigenvalue weighted by Gasteiger charge is 2.38. The number of hydrogen-bond donors (Lipinski definition) is 0. The number of piperazine rings is 1. The molecule has 3 aromatic rings. The van der Waals surface area contributed by atoms with Crippen LogP contribution in [-0.4, -0.2) is 84.8 Å². The molecule has 2 saturated heterocycles. The molecule has 1 amide bonds. The molecule has 0 N–H and O–H groups in total. The van der Waals surface area contributed by atoms with E-state index in [-0.39, 0.29) is 35.5 Å². The van der Waals surface area contributed by atoms with Crippen LogP contribution in [0.1, 0.15) is 19.4 Å². The molecule has 5 rings (SSSR count). The van der Waals surface area contributed by atoms with Gasteiger partial charge in [0.1, 0.15) is 12.4 Å². The second-order valence-corrected chi connectivity index (χ2v) is 13.0. The van der Waals surface area contributed by atoms with Crippen LogP contribution in [0.4, 0.5) is 15.1 Å². The van der Waals surface area contributed by atoms with Gasteiger partial charge in [-0.05, 0) is 41.5 Å². The van der Waals surface area contributed by atoms with Crippen LogP contribution >= 0.6 is 0 Å². The van der Waals surface area contributed by atoms with E-state index in [0.717, 1.165) is 16.7 Å². The van der Waals surface area contributed by atoms with E-state index in [2.05, 4.69) is 9.97 Å². The van der Waals surface area contributed by atoms with Crippen LogP contribution in [0.2, 0.25) is 0 Å². The molecule has 0 unspecified atom stereocenters. The summed E-state index contributed by atoms with van der Waals surface area (Å²) in [6, 6.07) is 16.0. The van der Waals surface area contributed by atoms with E-state index < -0.39 is 10.0 Å². The molecule has 0 bridgehead atoms. The zero-order chi connectivity index (χ0) is 29.0. The van der Waals surface area contributed by atoms with Crippen molar-refractivity contribution in [3.63, 3.8) is 0 Å². The summed E-state index contributed by atoms with van der Waals surface area (Å²) in [6.07, 6.45) is 3.67. The molecule has 0 radical (unpaired) electrons. The average molecular weight is 582 g/mol. The van der Waals surface area contributed by atoms with Gasteiger partial charge in [-0.15, -0.1) is 0 Å². The van der Waals surface area contributed by atoms with Crippen molar-refractivity contribution in [2.24, 2.45) is 11.8 Å². The van der Waals surface area contributed by atoms with Gasteiger partial charge in [-0.25, -0.2) is 27.6 Å². The lowest BCUT2D eigenvalue weighted by atomic mass is 9.96. The number of ether oxygens (including phenoxy) is 1. The molecule has 0 spiro atoms. The van der Waals surface area contributed by atoms with Crippen molar-refractivity contribution in [1.29, 1.82) is 0 Å². The molecule has 3 heterocycles. The second kappa shape index (κ2) is 12.5. The van der Waals surface area contributed by atoms with Crippen molar-refractivity contribution in [1.82, 2.24) is 19.2 Å². The van der Waals surface area contributed by atoms with Gasteiger partial charge in [0.2, 0.25) is 16.0 Å². The lowest BCUT2D eigenvalue weighted by molar-refractivity contribution is 0.150. The maximum atomic E-state index is 13.5. The van der Waals surface area contributed by atoms with Crippen molar-refractivity contribution >= 4 is 22.1 Å². The Morgan fingerprint density at radius 2 is 1.61 bits per heavy atom. The Kier molecular flexibility index (Phi) is 8.84. The molecule has 41 heavy (non-hydrogen) atoms. The summed E-state index contributed by atoms with van der Waals surface area (Å²) in [7, 11) is -3.56. The van der Waals surface area contributed by atoms with Gasteiger partial charge >= 0.3 is 6.09 Å². The molecule has 2 atom stereocenters. The van der Waals surface area contributed by atoms with Crippen molar-refractivity contribution in [3.8, 4) is 11.1 Å². The van der Waals surface area contributed by atoms with Crippen LogP contribution in [0.3, 0.4) is 0 Å². The number of halogens is 1. The Morgan fingerprint density at radius 1 is 0.951 bits per heavy atom. The van der Waals surface area contributed by atoms with E-state index in [4.69, 9.17) is 4.74 Å². The molecule has 0 aliphatic carbocycles. The SMILES string of the molecule is CC(C)[C@H](CN1C(=O)OC[C@H]1Cc1ccccc1)CS(=O)(=O)N1CCN(c2ncc(-c3ccc(F)cc3)cn2)CC1. The zero-order valence-corrected chi connectivity index (χ0v) is 24.2. The molecule has 2 aromatic carbocycles. The van der Waals surface area contributed by atoms with E-state index in [1.54, 1.807) is 29.4 Å². The van der Waals surface area contributed by atoms with Crippen LogP contribution in [0.15, 0.2) is 67.0 Å². The minimum Gasteiger partial charge on any atom is -0.447 e. The van der Waals surface area contributed by atoms with Gasteiger partial charge in [0.15, 0.2) is 0 Å². The minimum absolute atomic E-state index is 0.0324. The first-order valence-corrected chi connectivity index (χ1v) is 15.6. The second-order valence-electron chi connectivity index (χ2n) is 11.0. The quantitative estimate of drug-likeness (QED) is 0.356. The summed E-state index contributed by atoms with van der Waals surface area (Å²) in [6.45, 7) is 6.24. The van der Waals surface area contributed by atoms with Crippen LogP contribution in [-0.2, 0) is 21.2 Å². The smallest absolute Gasteiger partial charge is 0.410 e. The number of carbonyl (C=O) groups is 1. The minimum atomic E-state index is -3.56. The van der Waals surface area contributed by atoms with Crippen LogP contribution in [0.5, 0.6) is 0 Å². The lowest BCUT2D eigenvalue weighted by Gasteiger charge is -2.35. The highest BCUT2D eigenvalue weighted by atomic mass is 32.2. The topological polar surface area (TPSA) is 95.9 Å². The molecule has 218 valence electrons. The first kappa shape index (κ1) is 28.9. The van der Waals surface area contributed by atoms with Gasteiger partial charge in [0.05, 0.1) is 11.8 Å². The number of hydrogen-bond acceptors (Lipinski definition) is 7. The summed E-state index contributed by atoms with van der Waals surface area (Å²) in [5.41, 5.74) is 2.71. The third-order valence-electron chi connectivity index (χ3n) is 7.92. The third kappa shape index (κ3) is 7.02. The van der Waals surface area contributed by atoms with Gasteiger partial charge < -0.3 is 14.5 Å². The van der Waals surface area contributed by atoms with E-state index in [9.17, 15) is 17.6 Å². The number of anilines is 1. The summed E-state index contributed by atoms with van der Waals surface area (Å²) in [5.74, 6) is 0.0267. The lowest BCUT2D eigenvalue weighted by Crippen LogP contribution is -2.51. The Hall–Kier alpha value is -3.57. The predicted molar refractivity (Wildman–Crippen MR) is 155 cm³/mol. The summed E-state index contributed by atoms with van der Waals surface area (Å²) in [4.78, 5) is 25.2. The fourth-order valence-electron chi connectivity index (χ4n) is 5.30. The van der Waals surface area contributed by atoms with Crippen LogP contribution < -0.4 is 4.90 Å². The van der Waals surface area contributed by atoms with Crippen LogP contribution in [0.25, 0.3) is 11.1 Å². The number of aromatic nitrogens is 2. The van der Waals surface area contributed by atoms with E-state index >= 15 is 0 Å². The van der Waals surface area contributed by atoms with E-state index in [1.165, 1.54) is 16.4 Å². The van der Waals surface area contributed by atoms with Gasteiger partial charge in [0, 0.05) is 50.7 Å². The summed E-state index contributed by atoms with van der Waals surface area (Å²) < 4.78 is 47.1. The Labute approximate surface area is 241 Å². The Morgan fingerprint density at radius 3 is 2.24 bits per heavy atom. The third-order valence-corrected chi connectivity index (χ3v) is 9.92. The Bertz CT molecular complexity index is 1410. The summed E-state index contributed by atoms with van der Waals surface area (Å²) in [5, 5.41) is 0. The molecule has 1 aromatic heterocycles. The maximum Gasteiger partial charge on any atom is 0.410 e. The first-order chi connectivity index (χ1) is 19.7. The van der Waals surface area contributed by atoms with Crippen LogP contribution in [0, 0.1) is 17.7 Å². The molecule has 0 saturated carbocycles. The molecule has 11 heteroatoms. The van der Waals surface area contributed by atoms with Crippen molar-refractivity contribution in [2.75, 3.05) is 50.0 Å². The first-order valence-electron chi connectivity index (χ1n) is 14.0. The highest BCUT2D eigenvalue weighted by molar-refractivity contribution is 7.89. The molecular weight excluding hydrogens is 545 g/mol.